The molecule has 2 unspecified atom stereocenters. The van der Waals surface area contributed by atoms with E-state index in [1.165, 1.54) is 25.8 Å². The summed E-state index contributed by atoms with van der Waals surface area (Å²) in [4.78, 5) is 9.43. The quantitative estimate of drug-likeness (QED) is 0.447. The van der Waals surface area contributed by atoms with Gasteiger partial charge in [0, 0.05) is 19.6 Å². The topological polar surface area (TPSA) is 56.0 Å². The zero-order chi connectivity index (χ0) is 20.4. The molecule has 160 valence electrons. The van der Waals surface area contributed by atoms with Gasteiger partial charge in [-0.15, -0.1) is 0 Å². The molecule has 0 aromatic carbocycles. The molecule has 2 atom stereocenters. The van der Waals surface area contributed by atoms with Gasteiger partial charge in [0.1, 0.15) is 11.5 Å². The van der Waals surface area contributed by atoms with Gasteiger partial charge >= 0.3 is 0 Å². The third-order valence-corrected chi connectivity index (χ3v) is 5.75. The first kappa shape index (κ1) is 22.8. The monoisotopic (exact) mass is 391 g/mol. The fourth-order valence-corrected chi connectivity index (χ4v) is 3.95. The van der Waals surface area contributed by atoms with Gasteiger partial charge in [-0.3, -0.25) is 9.89 Å². The second-order valence-corrected chi connectivity index (χ2v) is 7.87. The molecule has 28 heavy (non-hydrogen) atoms. The number of nitrogens with zero attached hydrogens (tertiary/aromatic N) is 3. The second kappa shape index (κ2) is 12.1. The molecular formula is C22H41N5O. The van der Waals surface area contributed by atoms with E-state index >= 15 is 0 Å². The van der Waals surface area contributed by atoms with Crippen LogP contribution in [0.4, 0.5) is 0 Å². The molecule has 0 bridgehead atoms. The van der Waals surface area contributed by atoms with Gasteiger partial charge in [-0.05, 0) is 84.4 Å². The molecule has 0 spiro atoms. The van der Waals surface area contributed by atoms with Crippen LogP contribution in [-0.2, 0) is 0 Å². The van der Waals surface area contributed by atoms with E-state index in [9.17, 15) is 0 Å². The third kappa shape index (κ3) is 7.13. The Morgan fingerprint density at radius 2 is 1.96 bits per heavy atom. The van der Waals surface area contributed by atoms with Crippen LogP contribution in [0.3, 0.4) is 0 Å². The fraction of sp³-hybridized carbons (Fsp3) is 0.773. The SMILES string of the molecule is CCN(CC)CCCC(C)NC(=NC)NCC(c1ccc(C)o1)N1CCCC1. The average Bonchev–Trinajstić information content (AvgIpc) is 3.37. The van der Waals surface area contributed by atoms with Crippen molar-refractivity contribution in [2.24, 2.45) is 4.99 Å². The molecule has 1 aromatic rings. The summed E-state index contributed by atoms with van der Waals surface area (Å²) in [6, 6.07) is 4.83. The summed E-state index contributed by atoms with van der Waals surface area (Å²) in [5, 5.41) is 7.08. The summed E-state index contributed by atoms with van der Waals surface area (Å²) in [5.41, 5.74) is 0. The lowest BCUT2D eigenvalue weighted by atomic mass is 10.1. The highest BCUT2D eigenvalue weighted by molar-refractivity contribution is 5.79. The van der Waals surface area contributed by atoms with Crippen molar-refractivity contribution in [3.63, 3.8) is 0 Å². The fourth-order valence-electron chi connectivity index (χ4n) is 3.95. The first-order chi connectivity index (χ1) is 13.6. The number of likely N-dealkylation sites (tertiary alicyclic amines) is 1. The van der Waals surface area contributed by atoms with Crippen LogP contribution in [0.15, 0.2) is 21.5 Å². The first-order valence-electron chi connectivity index (χ1n) is 11.1. The lowest BCUT2D eigenvalue weighted by molar-refractivity contribution is 0.213. The lowest BCUT2D eigenvalue weighted by Gasteiger charge is -2.27. The van der Waals surface area contributed by atoms with Crippen molar-refractivity contribution in [3.8, 4) is 0 Å². The van der Waals surface area contributed by atoms with Gasteiger partial charge in [-0.2, -0.15) is 0 Å². The summed E-state index contributed by atoms with van der Waals surface area (Å²) >= 11 is 0. The van der Waals surface area contributed by atoms with Gasteiger partial charge in [0.05, 0.1) is 6.04 Å². The van der Waals surface area contributed by atoms with Crippen LogP contribution in [-0.4, -0.2) is 68.1 Å². The molecule has 2 heterocycles. The van der Waals surface area contributed by atoms with Gasteiger partial charge in [0.2, 0.25) is 0 Å². The molecule has 1 aromatic heterocycles. The minimum Gasteiger partial charge on any atom is -0.465 e. The molecule has 6 nitrogen and oxygen atoms in total. The van der Waals surface area contributed by atoms with E-state index in [1.54, 1.807) is 0 Å². The first-order valence-corrected chi connectivity index (χ1v) is 11.1. The number of aliphatic imine (C=N–C) groups is 1. The van der Waals surface area contributed by atoms with Crippen LogP contribution in [0.1, 0.15) is 64.0 Å². The largest absolute Gasteiger partial charge is 0.465 e. The molecule has 6 heteroatoms. The Balaban J connectivity index is 1.83. The van der Waals surface area contributed by atoms with E-state index in [-0.39, 0.29) is 6.04 Å². The van der Waals surface area contributed by atoms with Gasteiger partial charge in [-0.1, -0.05) is 13.8 Å². The molecule has 0 saturated carbocycles. The minimum atomic E-state index is 0.257. The maximum atomic E-state index is 5.96. The van der Waals surface area contributed by atoms with E-state index in [1.807, 2.05) is 14.0 Å². The number of nitrogens with one attached hydrogen (secondary N) is 2. The molecule has 2 N–H and O–H groups in total. The summed E-state index contributed by atoms with van der Waals surface area (Å²) in [7, 11) is 1.85. The Labute approximate surface area is 171 Å². The van der Waals surface area contributed by atoms with E-state index in [2.05, 4.69) is 58.3 Å². The number of rotatable bonds is 11. The predicted octanol–water partition coefficient (Wildman–Crippen LogP) is 3.40. The molecule has 1 saturated heterocycles. The van der Waals surface area contributed by atoms with Gasteiger partial charge in [0.15, 0.2) is 5.96 Å². The Hall–Kier alpha value is -1.53. The maximum Gasteiger partial charge on any atom is 0.191 e. The highest BCUT2D eigenvalue weighted by Gasteiger charge is 2.26. The summed E-state index contributed by atoms with van der Waals surface area (Å²) in [5.74, 6) is 2.90. The average molecular weight is 392 g/mol. The van der Waals surface area contributed by atoms with Crippen molar-refractivity contribution >= 4 is 5.96 Å². The van der Waals surface area contributed by atoms with Crippen molar-refractivity contribution in [1.82, 2.24) is 20.4 Å². The highest BCUT2D eigenvalue weighted by atomic mass is 16.3. The zero-order valence-electron chi connectivity index (χ0n) is 18.6. The Kier molecular flexibility index (Phi) is 9.85. The highest BCUT2D eigenvalue weighted by Crippen LogP contribution is 2.26. The zero-order valence-corrected chi connectivity index (χ0v) is 18.6. The lowest BCUT2D eigenvalue weighted by Crippen LogP contribution is -2.45. The molecule has 1 fully saturated rings. The van der Waals surface area contributed by atoms with Crippen LogP contribution >= 0.6 is 0 Å². The number of furan rings is 1. The van der Waals surface area contributed by atoms with Crippen LogP contribution in [0.25, 0.3) is 0 Å². The minimum absolute atomic E-state index is 0.257. The standard InChI is InChI=1S/C22H41N5O/c1-6-26(7-2)14-10-11-18(3)25-22(23-5)24-17-20(27-15-8-9-16-27)21-13-12-19(4)28-21/h12-13,18,20H,6-11,14-17H2,1-5H3,(H2,23,24,25). The smallest absolute Gasteiger partial charge is 0.191 e. The van der Waals surface area contributed by atoms with Gasteiger partial charge in [0.25, 0.3) is 0 Å². The normalized spacial score (nSPS) is 17.9. The second-order valence-electron chi connectivity index (χ2n) is 7.87. The third-order valence-electron chi connectivity index (χ3n) is 5.75. The van der Waals surface area contributed by atoms with E-state index in [0.29, 0.717) is 6.04 Å². The van der Waals surface area contributed by atoms with Gasteiger partial charge in [-0.25, -0.2) is 0 Å². The molecular weight excluding hydrogens is 350 g/mol. The molecule has 0 radical (unpaired) electrons. The van der Waals surface area contributed by atoms with E-state index < -0.39 is 0 Å². The van der Waals surface area contributed by atoms with Crippen molar-refractivity contribution < 1.29 is 4.42 Å². The number of hydrogen-bond donors (Lipinski definition) is 2. The van der Waals surface area contributed by atoms with Crippen molar-refractivity contribution in [2.75, 3.05) is 46.3 Å². The predicted molar refractivity (Wildman–Crippen MR) is 118 cm³/mol. The van der Waals surface area contributed by atoms with Crippen LogP contribution in [0, 0.1) is 6.92 Å². The summed E-state index contributed by atoms with van der Waals surface area (Å²) in [6.07, 6.45) is 4.89. The number of aryl methyl sites for hydroxylation is 1. The van der Waals surface area contributed by atoms with Gasteiger partial charge < -0.3 is 20.0 Å². The van der Waals surface area contributed by atoms with Crippen molar-refractivity contribution in [2.45, 2.75) is 65.5 Å². The van der Waals surface area contributed by atoms with Crippen LogP contribution in [0.5, 0.6) is 0 Å². The number of guanidine groups is 1. The molecule has 0 aliphatic carbocycles. The Morgan fingerprint density at radius 1 is 1.25 bits per heavy atom. The summed E-state index contributed by atoms with van der Waals surface area (Å²) < 4.78 is 5.96. The molecule has 0 amide bonds. The van der Waals surface area contributed by atoms with E-state index in [4.69, 9.17) is 4.42 Å². The summed E-state index contributed by atoms with van der Waals surface area (Å²) in [6.45, 7) is 15.2. The molecule has 1 aliphatic rings. The van der Waals surface area contributed by atoms with Crippen LogP contribution < -0.4 is 10.6 Å². The van der Waals surface area contributed by atoms with Crippen molar-refractivity contribution in [1.29, 1.82) is 0 Å². The Morgan fingerprint density at radius 3 is 2.54 bits per heavy atom. The molecule has 1 aliphatic heterocycles. The van der Waals surface area contributed by atoms with E-state index in [0.717, 1.165) is 56.6 Å². The maximum absolute atomic E-state index is 5.96. The van der Waals surface area contributed by atoms with Crippen molar-refractivity contribution in [3.05, 3.63) is 23.7 Å². The van der Waals surface area contributed by atoms with Crippen LogP contribution in [0.2, 0.25) is 0 Å². The molecule has 2 rings (SSSR count). The number of hydrogen-bond acceptors (Lipinski definition) is 4. The Bertz CT molecular complexity index is 575.